The zero-order valence-corrected chi connectivity index (χ0v) is 23.8. The Balaban J connectivity index is 1.30. The van der Waals surface area contributed by atoms with E-state index in [2.05, 4.69) is 24.3 Å². The summed E-state index contributed by atoms with van der Waals surface area (Å²) in [5, 5.41) is 19.1. The molecule has 1 aliphatic carbocycles. The second kappa shape index (κ2) is 15.7. The van der Waals surface area contributed by atoms with Crippen molar-refractivity contribution >= 4 is 11.8 Å². The molecule has 0 bridgehead atoms. The number of fused-ring (bicyclic) bond motifs is 1. The molecule has 40 heavy (non-hydrogen) atoms. The van der Waals surface area contributed by atoms with Crippen LogP contribution in [0.1, 0.15) is 111 Å². The Bertz CT molecular complexity index is 1080. The van der Waals surface area contributed by atoms with E-state index in [1.165, 1.54) is 47.7 Å². The summed E-state index contributed by atoms with van der Waals surface area (Å²) in [6.07, 6.45) is 5.33. The Morgan fingerprint density at radius 1 is 0.825 bits per heavy atom. The molecule has 0 saturated heterocycles. The topological polar surface area (TPSA) is 44.0 Å². The van der Waals surface area contributed by atoms with Crippen LogP contribution in [0.25, 0.3) is 0 Å². The maximum absolute atomic E-state index is 12.9. The van der Waals surface area contributed by atoms with Crippen molar-refractivity contribution in [3.8, 4) is 11.8 Å². The van der Waals surface area contributed by atoms with Crippen molar-refractivity contribution < 1.29 is 27.1 Å². The molecule has 0 radical (unpaired) electrons. The van der Waals surface area contributed by atoms with Crippen LogP contribution < -0.4 is 0 Å². The summed E-state index contributed by atoms with van der Waals surface area (Å²) >= 11 is 1.46. The Hall–Kier alpha value is -2.27. The van der Waals surface area contributed by atoms with Gasteiger partial charge < -0.3 is 5.11 Å². The molecular formula is C32H40F5NOS. The van der Waals surface area contributed by atoms with E-state index in [4.69, 9.17) is 5.26 Å². The van der Waals surface area contributed by atoms with E-state index < -0.39 is 18.5 Å². The molecule has 2 aromatic carbocycles. The lowest BCUT2D eigenvalue weighted by Crippen LogP contribution is -2.36. The number of hydrogen-bond donors (Lipinski definition) is 1. The van der Waals surface area contributed by atoms with Gasteiger partial charge in [0.15, 0.2) is 0 Å². The van der Waals surface area contributed by atoms with Crippen molar-refractivity contribution in [2.24, 2.45) is 0 Å². The summed E-state index contributed by atoms with van der Waals surface area (Å²) in [4.78, 5) is 0. The fourth-order valence-corrected chi connectivity index (χ4v) is 6.69. The third kappa shape index (κ3) is 9.68. The number of nitriles is 1. The molecule has 0 amide bonds. The highest BCUT2D eigenvalue weighted by Crippen LogP contribution is 2.46. The zero-order valence-electron chi connectivity index (χ0n) is 23.0. The summed E-state index contributed by atoms with van der Waals surface area (Å²) in [6.45, 7) is 0. The number of benzene rings is 2. The normalized spacial score (nSPS) is 17.4. The largest absolute Gasteiger partial charge is 0.508 e. The number of nitrogens with zero attached hydrogens (tertiary/aromatic N) is 1. The number of aryl methyl sites for hydroxylation is 1. The molecule has 0 spiro atoms. The van der Waals surface area contributed by atoms with Crippen molar-refractivity contribution in [3.05, 3.63) is 64.7 Å². The van der Waals surface area contributed by atoms with Gasteiger partial charge in [-0.3, -0.25) is 0 Å². The van der Waals surface area contributed by atoms with Gasteiger partial charge >= 0.3 is 12.1 Å². The molecule has 0 saturated carbocycles. The van der Waals surface area contributed by atoms with Gasteiger partial charge in [-0.15, -0.1) is 0 Å². The molecule has 0 fully saturated rings. The molecule has 2 aromatic rings. The van der Waals surface area contributed by atoms with Gasteiger partial charge in [0, 0.05) is 6.42 Å². The van der Waals surface area contributed by atoms with Crippen LogP contribution in [0.3, 0.4) is 0 Å². The van der Waals surface area contributed by atoms with E-state index in [1.54, 1.807) is 6.07 Å². The highest BCUT2D eigenvalue weighted by molar-refractivity contribution is 7.99. The minimum atomic E-state index is -5.45. The number of alkyl halides is 5. The standard InChI is InChI=1S/C32H40F5NOS/c33-31(34,32(35,36)37)19-9-21-40-20-8-6-4-2-1-3-5-7-10-30-28(25-13-11-24(23-38)12-14-25)17-15-26-22-27(39)16-18-29(26)30/h11-14,16,18,22,28,30,39H,1-10,15,17,19-21H2. The number of rotatable bonds is 16. The lowest BCUT2D eigenvalue weighted by atomic mass is 9.70. The maximum Gasteiger partial charge on any atom is 0.453 e. The number of hydrogen-bond acceptors (Lipinski definition) is 3. The molecule has 2 unspecified atom stereocenters. The van der Waals surface area contributed by atoms with Crippen LogP contribution in [0.5, 0.6) is 5.75 Å². The average Bonchev–Trinajstić information content (AvgIpc) is 2.92. The van der Waals surface area contributed by atoms with Crippen LogP contribution in [-0.2, 0) is 6.42 Å². The zero-order chi connectivity index (χ0) is 29.0. The Morgan fingerprint density at radius 3 is 2.10 bits per heavy atom. The van der Waals surface area contributed by atoms with Crippen LogP contribution in [0.4, 0.5) is 22.0 Å². The number of halogens is 5. The molecule has 2 atom stereocenters. The van der Waals surface area contributed by atoms with Gasteiger partial charge in [-0.05, 0) is 96.4 Å². The molecule has 220 valence electrons. The number of unbranched alkanes of at least 4 members (excludes halogenated alkanes) is 7. The van der Waals surface area contributed by atoms with Crippen molar-refractivity contribution in [3.63, 3.8) is 0 Å². The van der Waals surface area contributed by atoms with Gasteiger partial charge in [0.2, 0.25) is 0 Å². The summed E-state index contributed by atoms with van der Waals surface area (Å²) in [6, 6.07) is 16.0. The highest BCUT2D eigenvalue weighted by Gasteiger charge is 2.56. The summed E-state index contributed by atoms with van der Waals surface area (Å²) < 4.78 is 62.2. The van der Waals surface area contributed by atoms with Gasteiger partial charge in [0.1, 0.15) is 5.75 Å². The van der Waals surface area contributed by atoms with Crippen molar-refractivity contribution in [1.29, 1.82) is 5.26 Å². The minimum absolute atomic E-state index is 0.125. The lowest BCUT2D eigenvalue weighted by Gasteiger charge is -2.34. The van der Waals surface area contributed by atoms with Crippen LogP contribution in [-0.4, -0.2) is 28.7 Å². The summed E-state index contributed by atoms with van der Waals surface area (Å²) in [5.74, 6) is -2.31. The van der Waals surface area contributed by atoms with Gasteiger partial charge in [0.05, 0.1) is 11.6 Å². The second-order valence-electron chi connectivity index (χ2n) is 10.9. The SMILES string of the molecule is N#Cc1ccc(C2CCc3cc(O)ccc3C2CCCCCCCCCCSCCCC(F)(F)C(F)(F)F)cc1. The molecule has 1 N–H and O–H groups in total. The monoisotopic (exact) mass is 581 g/mol. The van der Waals surface area contributed by atoms with Crippen LogP contribution >= 0.6 is 11.8 Å². The van der Waals surface area contributed by atoms with E-state index in [9.17, 15) is 27.1 Å². The lowest BCUT2D eigenvalue weighted by molar-refractivity contribution is -0.284. The first-order chi connectivity index (χ1) is 19.1. The molecule has 8 heteroatoms. The molecule has 0 heterocycles. The van der Waals surface area contributed by atoms with Crippen molar-refractivity contribution in [1.82, 2.24) is 0 Å². The maximum atomic E-state index is 12.9. The second-order valence-corrected chi connectivity index (χ2v) is 12.1. The first kappa shape index (κ1) is 32.2. The number of thioether (sulfide) groups is 1. The van der Waals surface area contributed by atoms with Crippen molar-refractivity contribution in [2.45, 2.75) is 107 Å². The Labute approximate surface area is 239 Å². The average molecular weight is 582 g/mol. The molecule has 3 rings (SSSR count). The molecular weight excluding hydrogens is 541 g/mol. The first-order valence-corrected chi connectivity index (χ1v) is 15.6. The van der Waals surface area contributed by atoms with Gasteiger partial charge in [0.25, 0.3) is 0 Å². The predicted molar refractivity (Wildman–Crippen MR) is 152 cm³/mol. The van der Waals surface area contributed by atoms with E-state index in [0.29, 0.717) is 28.9 Å². The highest BCUT2D eigenvalue weighted by atomic mass is 32.2. The molecule has 0 aromatic heterocycles. The molecule has 0 aliphatic heterocycles. The van der Waals surface area contributed by atoms with E-state index >= 15 is 0 Å². The molecule has 1 aliphatic rings. The number of phenols is 1. The smallest absolute Gasteiger partial charge is 0.453 e. The third-order valence-electron chi connectivity index (χ3n) is 7.95. The van der Waals surface area contributed by atoms with Gasteiger partial charge in [-0.1, -0.05) is 63.1 Å². The number of phenolic OH excluding ortho intramolecular Hbond substituents is 1. The van der Waals surface area contributed by atoms with E-state index in [-0.39, 0.29) is 6.42 Å². The van der Waals surface area contributed by atoms with Crippen LogP contribution in [0.15, 0.2) is 42.5 Å². The number of aromatic hydroxyl groups is 1. The Kier molecular flexibility index (Phi) is 12.6. The van der Waals surface area contributed by atoms with E-state index in [0.717, 1.165) is 57.1 Å². The summed E-state index contributed by atoms with van der Waals surface area (Å²) in [5.41, 5.74) is 4.53. The summed E-state index contributed by atoms with van der Waals surface area (Å²) in [7, 11) is 0. The van der Waals surface area contributed by atoms with Crippen molar-refractivity contribution in [2.75, 3.05) is 11.5 Å². The fraction of sp³-hybridized carbons (Fsp3) is 0.594. The van der Waals surface area contributed by atoms with E-state index in [1.807, 2.05) is 18.2 Å². The Morgan fingerprint density at radius 2 is 1.45 bits per heavy atom. The van der Waals surface area contributed by atoms with Crippen LogP contribution in [0.2, 0.25) is 0 Å². The molecule has 2 nitrogen and oxygen atoms in total. The minimum Gasteiger partial charge on any atom is -0.508 e. The van der Waals surface area contributed by atoms with Gasteiger partial charge in [-0.2, -0.15) is 39.0 Å². The van der Waals surface area contributed by atoms with Crippen LogP contribution in [0, 0.1) is 11.3 Å². The van der Waals surface area contributed by atoms with Gasteiger partial charge in [-0.25, -0.2) is 0 Å². The third-order valence-corrected chi connectivity index (χ3v) is 9.11. The quantitative estimate of drug-likeness (QED) is 0.158. The fourth-order valence-electron chi connectivity index (χ4n) is 5.73. The first-order valence-electron chi connectivity index (χ1n) is 14.5. The predicted octanol–water partition coefficient (Wildman–Crippen LogP) is 10.3.